The molecule has 150 valence electrons. The molecule has 3 N–H and O–H groups in total. The largest absolute Gasteiger partial charge is 0.508 e. The van der Waals surface area contributed by atoms with E-state index in [0.29, 0.717) is 0 Å². The number of rotatable bonds is 4. The molecular weight excluding hydrogens is 372 g/mol. The number of benzene rings is 2. The third-order valence-electron chi connectivity index (χ3n) is 6.17. The molecular formula is C22H23N2O5+. The number of imide groups is 1. The van der Waals surface area contributed by atoms with Gasteiger partial charge in [-0.1, -0.05) is 30.3 Å². The molecule has 0 aromatic heterocycles. The molecule has 2 amide bonds. The summed E-state index contributed by atoms with van der Waals surface area (Å²) >= 11 is 0. The Bertz CT molecular complexity index is 959. The van der Waals surface area contributed by atoms with Gasteiger partial charge < -0.3 is 15.2 Å². The van der Waals surface area contributed by atoms with E-state index in [2.05, 4.69) is 0 Å². The lowest BCUT2D eigenvalue weighted by Crippen LogP contribution is -2.98. The van der Waals surface area contributed by atoms with Gasteiger partial charge in [0.2, 0.25) is 17.4 Å². The van der Waals surface area contributed by atoms with Gasteiger partial charge in [-0.25, -0.2) is 4.79 Å². The van der Waals surface area contributed by atoms with Crippen LogP contribution in [-0.4, -0.2) is 47.5 Å². The van der Waals surface area contributed by atoms with Gasteiger partial charge in [-0.05, 0) is 29.8 Å². The fourth-order valence-electron chi connectivity index (χ4n) is 4.83. The molecule has 0 saturated carbocycles. The Kier molecular flexibility index (Phi) is 4.62. The number of quaternary nitrogens is 1. The number of esters is 1. The van der Waals surface area contributed by atoms with Crippen LogP contribution in [0, 0.1) is 11.8 Å². The van der Waals surface area contributed by atoms with Crippen molar-refractivity contribution in [1.82, 2.24) is 4.90 Å². The van der Waals surface area contributed by atoms with Gasteiger partial charge in [0.05, 0.1) is 7.11 Å². The van der Waals surface area contributed by atoms with Crippen LogP contribution < -0.4 is 5.32 Å². The lowest BCUT2D eigenvalue weighted by molar-refractivity contribution is -0.734. The molecule has 7 nitrogen and oxygen atoms in total. The van der Waals surface area contributed by atoms with Crippen LogP contribution >= 0.6 is 0 Å². The molecule has 2 aliphatic heterocycles. The standard InChI is InChI=1S/C22H22N2O5/c1-24-19(26)16-17(20(24)27)22(21(28)29-2,12-13-6-4-3-5-7-13)23-18(16)14-8-10-15(25)11-9-14/h3-11,16-18,23,25H,12H2,1-2H3/p+1/t16-,17-,18-,22+/m0/s1. The van der Waals surface area contributed by atoms with Gasteiger partial charge >= 0.3 is 5.97 Å². The number of phenolic OH excluding ortho intramolecular Hbond substituents is 1. The summed E-state index contributed by atoms with van der Waals surface area (Å²) < 4.78 is 5.15. The van der Waals surface area contributed by atoms with Crippen LogP contribution in [0.15, 0.2) is 54.6 Å². The van der Waals surface area contributed by atoms with Crippen LogP contribution in [0.3, 0.4) is 0 Å². The number of hydrogen-bond donors (Lipinski definition) is 2. The highest BCUT2D eigenvalue weighted by Gasteiger charge is 2.71. The Morgan fingerprint density at radius 1 is 1.10 bits per heavy atom. The summed E-state index contributed by atoms with van der Waals surface area (Å²) in [5.41, 5.74) is 0.406. The van der Waals surface area contributed by atoms with Crippen molar-refractivity contribution in [1.29, 1.82) is 0 Å². The van der Waals surface area contributed by atoms with Crippen molar-refractivity contribution < 1.29 is 29.5 Å². The van der Waals surface area contributed by atoms with Crippen LogP contribution in [0.2, 0.25) is 0 Å². The maximum atomic E-state index is 13.1. The van der Waals surface area contributed by atoms with Gasteiger partial charge in [0.15, 0.2) is 0 Å². The normalized spacial score (nSPS) is 28.5. The maximum Gasteiger partial charge on any atom is 0.369 e. The van der Waals surface area contributed by atoms with Crippen molar-refractivity contribution in [3.05, 3.63) is 65.7 Å². The summed E-state index contributed by atoms with van der Waals surface area (Å²) in [5, 5.41) is 11.4. The monoisotopic (exact) mass is 395 g/mol. The van der Waals surface area contributed by atoms with Crippen molar-refractivity contribution in [3.63, 3.8) is 0 Å². The first-order valence-corrected chi connectivity index (χ1v) is 9.48. The van der Waals surface area contributed by atoms with Crippen LogP contribution in [-0.2, 0) is 25.5 Å². The van der Waals surface area contributed by atoms with Crippen LogP contribution in [0.1, 0.15) is 17.2 Å². The topological polar surface area (TPSA) is 101 Å². The first kappa shape index (κ1) is 19.1. The molecule has 29 heavy (non-hydrogen) atoms. The Morgan fingerprint density at radius 3 is 2.38 bits per heavy atom. The summed E-state index contributed by atoms with van der Waals surface area (Å²) in [6, 6.07) is 15.5. The number of ether oxygens (including phenoxy) is 1. The second kappa shape index (κ2) is 7.00. The highest BCUT2D eigenvalue weighted by molar-refractivity contribution is 6.08. The highest BCUT2D eigenvalue weighted by Crippen LogP contribution is 2.45. The van der Waals surface area contributed by atoms with Crippen LogP contribution in [0.4, 0.5) is 0 Å². The summed E-state index contributed by atoms with van der Waals surface area (Å²) in [6.45, 7) is 0. The number of carbonyl (C=O) groups excluding carboxylic acids is 3. The van der Waals surface area contributed by atoms with Gasteiger partial charge in [-0.3, -0.25) is 14.5 Å². The van der Waals surface area contributed by atoms with Crippen molar-refractivity contribution in [2.24, 2.45) is 11.8 Å². The predicted octanol–water partition coefficient (Wildman–Crippen LogP) is 0.396. The van der Waals surface area contributed by atoms with Crippen LogP contribution in [0.25, 0.3) is 0 Å². The molecule has 0 bridgehead atoms. The van der Waals surface area contributed by atoms with Crippen molar-refractivity contribution in [3.8, 4) is 5.75 Å². The SMILES string of the molecule is COC(=O)[C@]1(Cc2ccccc2)[NH2+][C@@H](c2ccc(O)cc2)[C@H]2C(=O)N(C)C(=O)[C@H]21. The van der Waals surface area contributed by atoms with Crippen molar-refractivity contribution in [2.45, 2.75) is 18.0 Å². The summed E-state index contributed by atoms with van der Waals surface area (Å²) in [7, 11) is 2.76. The molecule has 0 spiro atoms. The van der Waals surface area contributed by atoms with E-state index in [-0.39, 0.29) is 24.0 Å². The van der Waals surface area contributed by atoms with Crippen LogP contribution in [0.5, 0.6) is 5.75 Å². The molecule has 2 heterocycles. The average molecular weight is 395 g/mol. The molecule has 7 heteroatoms. The average Bonchev–Trinajstić information content (AvgIpc) is 3.19. The van der Waals surface area contributed by atoms with Gasteiger partial charge in [0, 0.05) is 19.0 Å². The fraction of sp³-hybridized carbons (Fsp3) is 0.318. The van der Waals surface area contributed by atoms with E-state index >= 15 is 0 Å². The molecule has 4 rings (SSSR count). The van der Waals surface area contributed by atoms with Gasteiger partial charge in [0.1, 0.15) is 23.6 Å². The zero-order valence-corrected chi connectivity index (χ0v) is 16.2. The lowest BCUT2D eigenvalue weighted by atomic mass is 9.76. The Balaban J connectivity index is 1.85. The van der Waals surface area contributed by atoms with E-state index in [4.69, 9.17) is 4.74 Å². The fourth-order valence-corrected chi connectivity index (χ4v) is 4.83. The lowest BCUT2D eigenvalue weighted by Gasteiger charge is -2.29. The van der Waals surface area contributed by atoms with Crippen molar-refractivity contribution >= 4 is 17.8 Å². The molecule has 0 aliphatic carbocycles. The quantitative estimate of drug-likeness (QED) is 0.576. The van der Waals surface area contributed by atoms with E-state index in [1.807, 2.05) is 35.6 Å². The Morgan fingerprint density at radius 2 is 1.76 bits per heavy atom. The number of fused-ring (bicyclic) bond motifs is 1. The maximum absolute atomic E-state index is 13.1. The minimum atomic E-state index is -1.25. The molecule has 4 atom stereocenters. The number of carbonyl (C=O) groups is 3. The second-order valence-corrected chi connectivity index (χ2v) is 7.72. The molecule has 2 aromatic carbocycles. The molecule has 2 saturated heterocycles. The van der Waals surface area contributed by atoms with E-state index in [1.54, 1.807) is 24.3 Å². The summed E-state index contributed by atoms with van der Waals surface area (Å²) in [6.07, 6.45) is 0.267. The number of nitrogens with zero attached hydrogens (tertiary/aromatic N) is 1. The third-order valence-corrected chi connectivity index (χ3v) is 6.17. The number of aromatic hydroxyl groups is 1. The highest BCUT2D eigenvalue weighted by atomic mass is 16.5. The molecule has 2 aliphatic rings. The van der Waals surface area contributed by atoms with Gasteiger partial charge in [0.25, 0.3) is 0 Å². The number of likely N-dealkylation sites (tertiary alicyclic amines) is 1. The predicted molar refractivity (Wildman–Crippen MR) is 102 cm³/mol. The summed E-state index contributed by atoms with van der Waals surface area (Å²) in [5.74, 6) is -2.58. The number of amides is 2. The number of phenols is 1. The number of methoxy groups -OCH3 is 1. The Labute approximate surface area is 168 Å². The zero-order valence-electron chi connectivity index (χ0n) is 16.2. The van der Waals surface area contributed by atoms with E-state index in [9.17, 15) is 19.5 Å². The number of hydrogen-bond acceptors (Lipinski definition) is 5. The minimum Gasteiger partial charge on any atom is -0.508 e. The second-order valence-electron chi connectivity index (χ2n) is 7.72. The van der Waals surface area contributed by atoms with E-state index < -0.39 is 29.4 Å². The first-order chi connectivity index (χ1) is 13.9. The Hall–Kier alpha value is -3.19. The first-order valence-electron chi connectivity index (χ1n) is 9.48. The third kappa shape index (κ3) is 2.89. The van der Waals surface area contributed by atoms with Crippen molar-refractivity contribution in [2.75, 3.05) is 14.2 Å². The molecule has 2 fully saturated rings. The molecule has 2 aromatic rings. The summed E-state index contributed by atoms with van der Waals surface area (Å²) in [4.78, 5) is 40.3. The molecule has 0 radical (unpaired) electrons. The minimum absolute atomic E-state index is 0.109. The zero-order chi connectivity index (χ0) is 20.8. The van der Waals surface area contributed by atoms with E-state index in [1.165, 1.54) is 14.2 Å². The molecule has 0 unspecified atom stereocenters. The number of nitrogens with two attached hydrogens (primary N) is 1. The van der Waals surface area contributed by atoms with Gasteiger partial charge in [-0.15, -0.1) is 0 Å². The van der Waals surface area contributed by atoms with E-state index in [0.717, 1.165) is 16.0 Å². The smallest absolute Gasteiger partial charge is 0.369 e. The van der Waals surface area contributed by atoms with Gasteiger partial charge in [-0.2, -0.15) is 0 Å².